The van der Waals surface area contributed by atoms with E-state index < -0.39 is 0 Å². The standard InChI is InChI=1S/C17H18ClNO2/c1-11-15(17(20)19-14-4-2-3-5-14)10-16(21-11)12-6-8-13(18)9-7-12/h6-10,14H,2-5H2,1H3,(H,19,20). The highest BCUT2D eigenvalue weighted by molar-refractivity contribution is 6.30. The second-order valence-corrected chi connectivity index (χ2v) is 5.98. The van der Waals surface area contributed by atoms with Gasteiger partial charge in [-0.25, -0.2) is 0 Å². The quantitative estimate of drug-likeness (QED) is 0.901. The summed E-state index contributed by atoms with van der Waals surface area (Å²) in [6.45, 7) is 1.82. The third-order valence-electron chi connectivity index (χ3n) is 3.98. The molecule has 21 heavy (non-hydrogen) atoms. The molecule has 3 rings (SSSR count). The third kappa shape index (κ3) is 3.13. The lowest BCUT2D eigenvalue weighted by molar-refractivity contribution is 0.0936. The van der Waals surface area contributed by atoms with Crippen molar-refractivity contribution in [3.05, 3.63) is 46.7 Å². The molecular formula is C17H18ClNO2. The summed E-state index contributed by atoms with van der Waals surface area (Å²) in [6.07, 6.45) is 4.55. The van der Waals surface area contributed by atoms with Gasteiger partial charge in [-0.3, -0.25) is 4.79 Å². The number of halogens is 1. The smallest absolute Gasteiger partial charge is 0.255 e. The van der Waals surface area contributed by atoms with Gasteiger partial charge in [0.25, 0.3) is 5.91 Å². The Kier molecular flexibility index (Phi) is 4.02. The predicted molar refractivity (Wildman–Crippen MR) is 83.6 cm³/mol. The number of hydrogen-bond acceptors (Lipinski definition) is 2. The molecule has 0 spiro atoms. The van der Waals surface area contributed by atoms with E-state index in [1.54, 1.807) is 0 Å². The van der Waals surface area contributed by atoms with Crippen LogP contribution in [0.3, 0.4) is 0 Å². The Morgan fingerprint density at radius 2 is 1.90 bits per heavy atom. The topological polar surface area (TPSA) is 42.2 Å². The maximum atomic E-state index is 12.3. The van der Waals surface area contributed by atoms with Gasteiger partial charge in [0.1, 0.15) is 11.5 Å². The minimum absolute atomic E-state index is 0.0386. The number of nitrogens with one attached hydrogen (secondary N) is 1. The molecule has 1 aromatic heterocycles. The van der Waals surface area contributed by atoms with Gasteiger partial charge in [-0.1, -0.05) is 24.4 Å². The van der Waals surface area contributed by atoms with Crippen LogP contribution in [0, 0.1) is 6.92 Å². The van der Waals surface area contributed by atoms with Gasteiger partial charge in [0.05, 0.1) is 5.56 Å². The van der Waals surface area contributed by atoms with E-state index in [9.17, 15) is 4.79 Å². The molecule has 1 fully saturated rings. The highest BCUT2D eigenvalue weighted by Gasteiger charge is 2.21. The van der Waals surface area contributed by atoms with Gasteiger partial charge in [-0.2, -0.15) is 0 Å². The van der Waals surface area contributed by atoms with Gasteiger partial charge in [-0.15, -0.1) is 0 Å². The Hall–Kier alpha value is -1.74. The first kappa shape index (κ1) is 14.2. The van der Waals surface area contributed by atoms with E-state index in [0.29, 0.717) is 28.1 Å². The van der Waals surface area contributed by atoms with Gasteiger partial charge in [0.2, 0.25) is 0 Å². The lowest BCUT2D eigenvalue weighted by Crippen LogP contribution is -2.32. The molecule has 1 aliphatic carbocycles. The summed E-state index contributed by atoms with van der Waals surface area (Å²) in [5.41, 5.74) is 1.54. The van der Waals surface area contributed by atoms with Crippen molar-refractivity contribution >= 4 is 17.5 Å². The van der Waals surface area contributed by atoms with Crippen LogP contribution >= 0.6 is 11.6 Å². The highest BCUT2D eigenvalue weighted by Crippen LogP contribution is 2.27. The van der Waals surface area contributed by atoms with Crippen LogP contribution in [0.2, 0.25) is 5.02 Å². The third-order valence-corrected chi connectivity index (χ3v) is 4.23. The molecular weight excluding hydrogens is 286 g/mol. The van der Waals surface area contributed by atoms with Crippen LogP contribution in [-0.4, -0.2) is 11.9 Å². The van der Waals surface area contributed by atoms with Crippen molar-refractivity contribution in [1.82, 2.24) is 5.32 Å². The van der Waals surface area contributed by atoms with Crippen LogP contribution in [0.5, 0.6) is 0 Å². The molecule has 1 aromatic carbocycles. The first-order valence-electron chi connectivity index (χ1n) is 7.31. The lowest BCUT2D eigenvalue weighted by Gasteiger charge is -2.10. The molecule has 0 radical (unpaired) electrons. The average molecular weight is 304 g/mol. The Balaban J connectivity index is 1.80. The normalized spacial score (nSPS) is 15.3. The summed E-state index contributed by atoms with van der Waals surface area (Å²) in [5.74, 6) is 1.31. The zero-order chi connectivity index (χ0) is 14.8. The molecule has 3 nitrogen and oxygen atoms in total. The Morgan fingerprint density at radius 1 is 1.24 bits per heavy atom. The molecule has 1 saturated carbocycles. The van der Waals surface area contributed by atoms with Crippen LogP contribution in [0.4, 0.5) is 0 Å². The number of carbonyl (C=O) groups is 1. The number of hydrogen-bond donors (Lipinski definition) is 1. The molecule has 4 heteroatoms. The summed E-state index contributed by atoms with van der Waals surface area (Å²) in [6, 6.07) is 9.52. The van der Waals surface area contributed by atoms with Crippen molar-refractivity contribution in [2.24, 2.45) is 0 Å². The lowest BCUT2D eigenvalue weighted by atomic mass is 10.1. The second-order valence-electron chi connectivity index (χ2n) is 5.54. The van der Waals surface area contributed by atoms with E-state index in [-0.39, 0.29) is 5.91 Å². The summed E-state index contributed by atoms with van der Waals surface area (Å²) in [7, 11) is 0. The molecule has 0 unspecified atom stereocenters. The average Bonchev–Trinajstić information content (AvgIpc) is 3.09. The molecule has 0 atom stereocenters. The van der Waals surface area contributed by atoms with E-state index in [1.807, 2.05) is 37.3 Å². The molecule has 0 saturated heterocycles. The number of furan rings is 1. The number of carbonyl (C=O) groups excluding carboxylic acids is 1. The van der Waals surface area contributed by atoms with Crippen LogP contribution in [-0.2, 0) is 0 Å². The van der Waals surface area contributed by atoms with E-state index in [0.717, 1.165) is 18.4 Å². The zero-order valence-electron chi connectivity index (χ0n) is 12.0. The summed E-state index contributed by atoms with van der Waals surface area (Å²) in [5, 5.41) is 3.77. The first-order chi connectivity index (χ1) is 10.1. The van der Waals surface area contributed by atoms with Gasteiger partial charge < -0.3 is 9.73 Å². The molecule has 1 heterocycles. The fraction of sp³-hybridized carbons (Fsp3) is 0.353. The van der Waals surface area contributed by atoms with Crippen LogP contribution in [0.15, 0.2) is 34.7 Å². The zero-order valence-corrected chi connectivity index (χ0v) is 12.7. The Labute approximate surface area is 129 Å². The summed E-state index contributed by atoms with van der Waals surface area (Å²) in [4.78, 5) is 12.3. The number of aryl methyl sites for hydroxylation is 1. The largest absolute Gasteiger partial charge is 0.461 e. The Bertz CT molecular complexity index is 639. The van der Waals surface area contributed by atoms with Crippen molar-refractivity contribution in [2.45, 2.75) is 38.6 Å². The van der Waals surface area contributed by atoms with Crippen LogP contribution in [0.25, 0.3) is 11.3 Å². The highest BCUT2D eigenvalue weighted by atomic mass is 35.5. The van der Waals surface area contributed by atoms with E-state index in [2.05, 4.69) is 5.32 Å². The van der Waals surface area contributed by atoms with Crippen molar-refractivity contribution < 1.29 is 9.21 Å². The fourth-order valence-electron chi connectivity index (χ4n) is 2.80. The number of rotatable bonds is 3. The fourth-order valence-corrected chi connectivity index (χ4v) is 2.92. The maximum Gasteiger partial charge on any atom is 0.255 e. The summed E-state index contributed by atoms with van der Waals surface area (Å²) >= 11 is 5.89. The van der Waals surface area contributed by atoms with Crippen molar-refractivity contribution in [3.63, 3.8) is 0 Å². The number of benzene rings is 1. The molecule has 2 aromatic rings. The van der Waals surface area contributed by atoms with Gasteiger partial charge in [-0.05, 0) is 50.1 Å². The van der Waals surface area contributed by atoms with E-state index >= 15 is 0 Å². The van der Waals surface area contributed by atoms with Gasteiger partial charge in [0, 0.05) is 16.6 Å². The second kappa shape index (κ2) is 5.94. The SMILES string of the molecule is Cc1oc(-c2ccc(Cl)cc2)cc1C(=O)NC1CCCC1. The predicted octanol–water partition coefficient (Wildman–Crippen LogP) is 4.58. The molecule has 1 N–H and O–H groups in total. The number of amides is 1. The van der Waals surface area contributed by atoms with E-state index in [4.69, 9.17) is 16.0 Å². The van der Waals surface area contributed by atoms with Crippen LogP contribution < -0.4 is 5.32 Å². The molecule has 0 aliphatic heterocycles. The molecule has 1 amide bonds. The van der Waals surface area contributed by atoms with Gasteiger partial charge in [0.15, 0.2) is 0 Å². The van der Waals surface area contributed by atoms with Gasteiger partial charge >= 0.3 is 0 Å². The minimum Gasteiger partial charge on any atom is -0.461 e. The van der Waals surface area contributed by atoms with Crippen molar-refractivity contribution in [3.8, 4) is 11.3 Å². The van der Waals surface area contributed by atoms with E-state index in [1.165, 1.54) is 12.8 Å². The molecule has 0 bridgehead atoms. The minimum atomic E-state index is -0.0386. The maximum absolute atomic E-state index is 12.3. The molecule has 1 aliphatic rings. The van der Waals surface area contributed by atoms with Crippen molar-refractivity contribution in [2.75, 3.05) is 0 Å². The monoisotopic (exact) mass is 303 g/mol. The van der Waals surface area contributed by atoms with Crippen LogP contribution in [0.1, 0.15) is 41.8 Å². The van der Waals surface area contributed by atoms with Crippen molar-refractivity contribution in [1.29, 1.82) is 0 Å². The molecule has 110 valence electrons. The Morgan fingerprint density at radius 3 is 2.57 bits per heavy atom. The summed E-state index contributed by atoms with van der Waals surface area (Å²) < 4.78 is 5.72. The first-order valence-corrected chi connectivity index (χ1v) is 7.68.